The Morgan fingerprint density at radius 1 is 1.30 bits per heavy atom. The average Bonchev–Trinajstić information content (AvgIpc) is 3.43. The SMILES string of the molecule is COCOCCCS(=O)(=O)NC(c1ccc(F)c(OCC2CC2)c1)C(C)C. The van der Waals surface area contributed by atoms with Crippen LogP contribution in [0.15, 0.2) is 18.2 Å². The lowest BCUT2D eigenvalue weighted by Gasteiger charge is -2.23. The molecule has 0 radical (unpaired) electrons. The van der Waals surface area contributed by atoms with Crippen molar-refractivity contribution < 1.29 is 27.0 Å². The van der Waals surface area contributed by atoms with Crippen LogP contribution >= 0.6 is 0 Å². The van der Waals surface area contributed by atoms with Crippen LogP contribution in [0.25, 0.3) is 0 Å². The Balaban J connectivity index is 2.01. The van der Waals surface area contributed by atoms with Gasteiger partial charge in [-0.3, -0.25) is 0 Å². The molecule has 1 saturated carbocycles. The third kappa shape index (κ3) is 7.73. The molecule has 1 N–H and O–H groups in total. The highest BCUT2D eigenvalue weighted by molar-refractivity contribution is 7.89. The first kappa shape index (κ1) is 22.1. The highest BCUT2D eigenvalue weighted by Crippen LogP contribution is 2.32. The van der Waals surface area contributed by atoms with E-state index in [4.69, 9.17) is 14.2 Å². The number of hydrogen-bond donors (Lipinski definition) is 1. The van der Waals surface area contributed by atoms with Gasteiger partial charge in [-0.25, -0.2) is 17.5 Å². The van der Waals surface area contributed by atoms with Gasteiger partial charge in [0.15, 0.2) is 11.6 Å². The summed E-state index contributed by atoms with van der Waals surface area (Å²) in [6.45, 7) is 4.78. The third-order valence-electron chi connectivity index (χ3n) is 4.36. The summed E-state index contributed by atoms with van der Waals surface area (Å²) in [6.07, 6.45) is 2.59. The van der Waals surface area contributed by atoms with Gasteiger partial charge in [-0.15, -0.1) is 0 Å². The first-order valence-electron chi connectivity index (χ1n) is 9.31. The Kier molecular flexibility index (Phi) is 8.47. The van der Waals surface area contributed by atoms with Crippen LogP contribution in [0.3, 0.4) is 0 Å². The van der Waals surface area contributed by atoms with Crippen molar-refractivity contribution in [3.05, 3.63) is 29.6 Å². The molecule has 0 aromatic heterocycles. The fourth-order valence-corrected chi connectivity index (χ4v) is 4.06. The third-order valence-corrected chi connectivity index (χ3v) is 5.80. The van der Waals surface area contributed by atoms with E-state index in [-0.39, 0.29) is 24.2 Å². The van der Waals surface area contributed by atoms with Crippen molar-refractivity contribution in [3.8, 4) is 5.75 Å². The van der Waals surface area contributed by atoms with Gasteiger partial charge in [-0.2, -0.15) is 0 Å². The van der Waals surface area contributed by atoms with Gasteiger partial charge < -0.3 is 14.2 Å². The van der Waals surface area contributed by atoms with Crippen molar-refractivity contribution in [1.82, 2.24) is 4.72 Å². The van der Waals surface area contributed by atoms with E-state index >= 15 is 0 Å². The van der Waals surface area contributed by atoms with Crippen molar-refractivity contribution in [1.29, 1.82) is 0 Å². The summed E-state index contributed by atoms with van der Waals surface area (Å²) in [7, 11) is -1.99. The molecular weight excluding hydrogens is 373 g/mol. The van der Waals surface area contributed by atoms with Crippen LogP contribution < -0.4 is 9.46 Å². The van der Waals surface area contributed by atoms with Gasteiger partial charge in [0.2, 0.25) is 10.0 Å². The lowest BCUT2D eigenvalue weighted by atomic mass is 9.97. The first-order valence-corrected chi connectivity index (χ1v) is 11.0. The molecule has 2 rings (SSSR count). The summed E-state index contributed by atoms with van der Waals surface area (Å²) < 4.78 is 57.1. The molecule has 0 heterocycles. The van der Waals surface area contributed by atoms with Gasteiger partial charge in [-0.05, 0) is 48.8 Å². The fourth-order valence-electron chi connectivity index (χ4n) is 2.65. The van der Waals surface area contributed by atoms with E-state index in [9.17, 15) is 12.8 Å². The van der Waals surface area contributed by atoms with E-state index in [1.807, 2.05) is 13.8 Å². The Labute approximate surface area is 161 Å². The van der Waals surface area contributed by atoms with Crippen LogP contribution in [0.4, 0.5) is 4.39 Å². The Bertz CT molecular complexity index is 691. The normalized spacial score (nSPS) is 15.9. The lowest BCUT2D eigenvalue weighted by molar-refractivity contribution is -0.0298. The van der Waals surface area contributed by atoms with Gasteiger partial charge in [0, 0.05) is 13.2 Å². The standard InChI is InChI=1S/C19H30FNO5S/c1-14(2)19(21-27(22,23)10-4-9-25-13-24-3)16-7-8-17(20)18(11-16)26-12-15-5-6-15/h7-8,11,14-15,19,21H,4-6,9-10,12-13H2,1-3H3. The van der Waals surface area contributed by atoms with Crippen LogP contribution in [0.5, 0.6) is 5.75 Å². The summed E-state index contributed by atoms with van der Waals surface area (Å²) in [6, 6.07) is 4.08. The number of ether oxygens (including phenoxy) is 3. The number of nitrogens with one attached hydrogen (secondary N) is 1. The number of benzene rings is 1. The largest absolute Gasteiger partial charge is 0.490 e. The van der Waals surface area contributed by atoms with Crippen LogP contribution in [-0.4, -0.2) is 41.3 Å². The van der Waals surface area contributed by atoms with E-state index in [0.29, 0.717) is 31.1 Å². The Morgan fingerprint density at radius 2 is 2.04 bits per heavy atom. The molecule has 1 unspecified atom stereocenters. The summed E-state index contributed by atoms with van der Waals surface area (Å²) in [4.78, 5) is 0. The molecule has 0 bridgehead atoms. The van der Waals surface area contributed by atoms with Crippen LogP contribution in [0, 0.1) is 17.7 Å². The lowest BCUT2D eigenvalue weighted by Crippen LogP contribution is -2.34. The van der Waals surface area contributed by atoms with Crippen molar-refractivity contribution in [3.63, 3.8) is 0 Å². The van der Waals surface area contributed by atoms with Gasteiger partial charge >= 0.3 is 0 Å². The van der Waals surface area contributed by atoms with Crippen LogP contribution in [-0.2, 0) is 19.5 Å². The monoisotopic (exact) mass is 403 g/mol. The molecule has 1 aromatic rings. The van der Waals surface area contributed by atoms with E-state index < -0.39 is 21.9 Å². The number of methoxy groups -OCH3 is 1. The van der Waals surface area contributed by atoms with Gasteiger partial charge in [0.1, 0.15) is 6.79 Å². The van der Waals surface area contributed by atoms with Gasteiger partial charge in [0.05, 0.1) is 19.0 Å². The van der Waals surface area contributed by atoms with Gasteiger partial charge in [-0.1, -0.05) is 19.9 Å². The molecular formula is C19H30FNO5S. The molecule has 1 atom stereocenters. The van der Waals surface area contributed by atoms with Crippen molar-refractivity contribution >= 4 is 10.0 Å². The van der Waals surface area contributed by atoms with E-state index in [1.54, 1.807) is 12.1 Å². The molecule has 1 fully saturated rings. The second-order valence-electron chi connectivity index (χ2n) is 7.27. The molecule has 0 saturated heterocycles. The highest BCUT2D eigenvalue weighted by Gasteiger charge is 2.25. The zero-order chi connectivity index (χ0) is 19.9. The maximum Gasteiger partial charge on any atom is 0.212 e. The minimum Gasteiger partial charge on any atom is -0.490 e. The maximum atomic E-state index is 14.0. The summed E-state index contributed by atoms with van der Waals surface area (Å²) >= 11 is 0. The molecule has 6 nitrogen and oxygen atoms in total. The van der Waals surface area contributed by atoms with Crippen LogP contribution in [0.2, 0.25) is 0 Å². The fraction of sp³-hybridized carbons (Fsp3) is 0.684. The molecule has 1 aliphatic rings. The number of sulfonamides is 1. The quantitative estimate of drug-likeness (QED) is 0.404. The predicted octanol–water partition coefficient (Wildman–Crippen LogP) is 3.24. The first-order chi connectivity index (χ1) is 12.8. The smallest absolute Gasteiger partial charge is 0.212 e. The molecule has 0 spiro atoms. The molecule has 0 aliphatic heterocycles. The van der Waals surface area contributed by atoms with Gasteiger partial charge in [0.25, 0.3) is 0 Å². The highest BCUT2D eigenvalue weighted by atomic mass is 32.2. The number of hydrogen-bond acceptors (Lipinski definition) is 5. The zero-order valence-corrected chi connectivity index (χ0v) is 17.1. The Hall–Kier alpha value is -1.22. The number of halogens is 1. The van der Waals surface area contributed by atoms with E-state index in [1.165, 1.54) is 13.2 Å². The topological polar surface area (TPSA) is 73.9 Å². The maximum absolute atomic E-state index is 14.0. The minimum absolute atomic E-state index is 0.00809. The minimum atomic E-state index is -3.51. The molecule has 154 valence electrons. The summed E-state index contributed by atoms with van der Waals surface area (Å²) in [5.74, 6) is 0.197. The molecule has 1 aromatic carbocycles. The molecule has 1 aliphatic carbocycles. The predicted molar refractivity (Wildman–Crippen MR) is 102 cm³/mol. The molecule has 27 heavy (non-hydrogen) atoms. The Morgan fingerprint density at radius 3 is 2.67 bits per heavy atom. The van der Waals surface area contributed by atoms with Crippen LogP contribution in [0.1, 0.15) is 44.7 Å². The van der Waals surface area contributed by atoms with Crippen molar-refractivity contribution in [2.45, 2.75) is 39.2 Å². The second-order valence-corrected chi connectivity index (χ2v) is 9.14. The van der Waals surface area contributed by atoms with E-state index in [0.717, 1.165) is 12.8 Å². The molecule has 8 heteroatoms. The number of rotatable bonds is 13. The average molecular weight is 404 g/mol. The summed E-state index contributed by atoms with van der Waals surface area (Å²) in [5, 5.41) is 0. The van der Waals surface area contributed by atoms with Crippen molar-refractivity contribution in [2.24, 2.45) is 11.8 Å². The van der Waals surface area contributed by atoms with Crippen molar-refractivity contribution in [2.75, 3.05) is 32.9 Å². The van der Waals surface area contributed by atoms with E-state index in [2.05, 4.69) is 4.72 Å². The molecule has 0 amide bonds. The second kappa shape index (κ2) is 10.4. The summed E-state index contributed by atoms with van der Waals surface area (Å²) in [5.41, 5.74) is 0.691. The zero-order valence-electron chi connectivity index (χ0n) is 16.2.